The van der Waals surface area contributed by atoms with Crippen molar-refractivity contribution >= 4 is 57.1 Å². The van der Waals surface area contributed by atoms with Crippen molar-refractivity contribution in [3.8, 4) is 33.9 Å². The standard InChI is InChI=1S/C37H26N3O.C18H23FNSi.Ir/c1-23-10-8-11-24(2)33(23)31-21-19-29-28-16-9-17-30(35(28)41-37(29)39-31)36-38-32-20-18-26-14-6-7-15-27(26)34(32)40(36)22-25-12-4-3-5-13-25;1-12(2)15-10-16(20-11-17(15)21(4,5)6)14-9-7-8-13(3)18(14)19;/h3-16,18-21H,22H2,1-2H3;7-8,10-12H,1-6H3;/q2*-1;/i;3D3,12D;. The first-order valence-electron chi connectivity index (χ1n) is 22.8. The van der Waals surface area contributed by atoms with Crippen LogP contribution in [0.2, 0.25) is 19.6 Å². The van der Waals surface area contributed by atoms with Gasteiger partial charge in [0.1, 0.15) is 0 Å². The van der Waals surface area contributed by atoms with Gasteiger partial charge in [-0.25, -0.2) is 4.98 Å². The predicted octanol–water partition coefficient (Wildman–Crippen LogP) is 13.9. The molecule has 0 saturated carbocycles. The number of benzene rings is 6. The van der Waals surface area contributed by atoms with Gasteiger partial charge in [0.2, 0.25) is 5.71 Å². The molecule has 0 aliphatic rings. The van der Waals surface area contributed by atoms with Crippen molar-refractivity contribution in [2.24, 2.45) is 0 Å². The van der Waals surface area contributed by atoms with Crippen LogP contribution in [0.1, 0.15) is 53.0 Å². The third-order valence-electron chi connectivity index (χ3n) is 11.5. The van der Waals surface area contributed by atoms with E-state index >= 15 is 0 Å². The van der Waals surface area contributed by atoms with Crippen molar-refractivity contribution in [2.45, 2.75) is 66.6 Å². The van der Waals surface area contributed by atoms with Gasteiger partial charge in [0.15, 0.2) is 0 Å². The molecule has 0 unspecified atom stereocenters. The Morgan fingerprint density at radius 1 is 0.762 bits per heavy atom. The molecule has 0 fully saturated rings. The molecule has 4 aromatic heterocycles. The number of aromatic nitrogens is 4. The summed E-state index contributed by atoms with van der Waals surface area (Å²) in [6.07, 6.45) is 1.71. The predicted molar refractivity (Wildman–Crippen MR) is 257 cm³/mol. The van der Waals surface area contributed by atoms with E-state index < -0.39 is 26.6 Å². The van der Waals surface area contributed by atoms with E-state index in [0.29, 0.717) is 18.0 Å². The molecule has 0 bridgehead atoms. The van der Waals surface area contributed by atoms with Crippen LogP contribution in [0, 0.1) is 38.6 Å². The molecule has 0 aliphatic carbocycles. The van der Waals surface area contributed by atoms with Crippen LogP contribution in [0.3, 0.4) is 0 Å². The number of pyridine rings is 2. The van der Waals surface area contributed by atoms with Crippen LogP contribution in [0.15, 0.2) is 138 Å². The number of aryl methyl sites for hydroxylation is 3. The van der Waals surface area contributed by atoms with Crippen LogP contribution < -0.4 is 5.19 Å². The summed E-state index contributed by atoms with van der Waals surface area (Å²) in [4.78, 5) is 14.6. The molecule has 10 rings (SSSR count). The van der Waals surface area contributed by atoms with Gasteiger partial charge < -0.3 is 14.0 Å². The Labute approximate surface area is 389 Å². The van der Waals surface area contributed by atoms with Gasteiger partial charge in [0.25, 0.3) is 0 Å². The van der Waals surface area contributed by atoms with Crippen molar-refractivity contribution in [3.05, 3.63) is 179 Å². The second-order valence-corrected chi connectivity index (χ2v) is 22.2. The molecule has 5 nitrogen and oxygen atoms in total. The Kier molecular flexibility index (Phi) is 10.8. The second-order valence-electron chi connectivity index (χ2n) is 17.1. The van der Waals surface area contributed by atoms with Gasteiger partial charge >= 0.3 is 0 Å². The Balaban J connectivity index is 0.000000203. The quantitative estimate of drug-likeness (QED) is 0.118. The summed E-state index contributed by atoms with van der Waals surface area (Å²) in [6, 6.07) is 48.4. The van der Waals surface area contributed by atoms with E-state index in [0.717, 1.165) is 60.8 Å². The molecule has 0 saturated heterocycles. The molecule has 0 aliphatic heterocycles. The topological polar surface area (TPSA) is 56.7 Å². The molecule has 63 heavy (non-hydrogen) atoms. The molecule has 0 N–H and O–H groups in total. The minimum atomic E-state index is -2.54. The molecule has 8 heteroatoms. The van der Waals surface area contributed by atoms with E-state index in [4.69, 9.17) is 19.9 Å². The average Bonchev–Trinajstić information content (AvgIpc) is 3.84. The Hall–Kier alpha value is -6.05. The summed E-state index contributed by atoms with van der Waals surface area (Å²) in [5.74, 6) is -0.866. The maximum atomic E-state index is 14.7. The number of rotatable bonds is 7. The number of fused-ring (bicyclic) bond motifs is 6. The summed E-state index contributed by atoms with van der Waals surface area (Å²) < 4.78 is 54.5. The summed E-state index contributed by atoms with van der Waals surface area (Å²) in [5.41, 5.74) is 10.7. The van der Waals surface area contributed by atoms with E-state index in [-0.39, 0.29) is 31.2 Å². The first-order valence-corrected chi connectivity index (χ1v) is 24.3. The molecule has 0 amide bonds. The van der Waals surface area contributed by atoms with E-state index in [9.17, 15) is 4.39 Å². The Morgan fingerprint density at radius 3 is 2.24 bits per heavy atom. The third-order valence-corrected chi connectivity index (χ3v) is 13.5. The molecule has 0 atom stereocenters. The minimum absolute atomic E-state index is 0. The van der Waals surface area contributed by atoms with Crippen LogP contribution in [0.4, 0.5) is 4.39 Å². The normalized spacial score (nSPS) is 13.0. The number of furan rings is 1. The maximum Gasteiger partial charge on any atom is 0.216 e. The average molecular weight is 1030 g/mol. The monoisotopic (exact) mass is 1030 g/mol. The molecular weight excluding hydrogens is 972 g/mol. The fourth-order valence-corrected chi connectivity index (χ4v) is 10.0. The fraction of sp³-hybridized carbons (Fsp3) is 0.182. The number of hydrogen-bond donors (Lipinski definition) is 0. The molecule has 4 heterocycles. The van der Waals surface area contributed by atoms with Crippen LogP contribution >= 0.6 is 0 Å². The molecular formula is C55H49FIrN4OSi-2. The van der Waals surface area contributed by atoms with Gasteiger partial charge in [-0.2, -0.15) is 0 Å². The fourth-order valence-electron chi connectivity index (χ4n) is 8.42. The van der Waals surface area contributed by atoms with Crippen LogP contribution in [-0.2, 0) is 26.7 Å². The molecule has 317 valence electrons. The summed E-state index contributed by atoms with van der Waals surface area (Å²) >= 11 is 0. The number of hydrogen-bond acceptors (Lipinski definition) is 4. The molecule has 10 aromatic rings. The van der Waals surface area contributed by atoms with Gasteiger partial charge in [-0.3, -0.25) is 9.37 Å². The Bertz CT molecular complexity index is 3440. The van der Waals surface area contributed by atoms with E-state index in [1.165, 1.54) is 39.6 Å². The molecule has 6 aromatic carbocycles. The van der Waals surface area contributed by atoms with E-state index in [1.807, 2.05) is 6.07 Å². The zero-order chi connectivity index (χ0) is 46.7. The van der Waals surface area contributed by atoms with Crippen LogP contribution in [0.5, 0.6) is 0 Å². The van der Waals surface area contributed by atoms with Crippen molar-refractivity contribution in [1.29, 1.82) is 0 Å². The van der Waals surface area contributed by atoms with Crippen LogP contribution in [0.25, 0.3) is 77.8 Å². The van der Waals surface area contributed by atoms with Crippen molar-refractivity contribution in [1.82, 2.24) is 19.5 Å². The third kappa shape index (κ3) is 8.31. The van der Waals surface area contributed by atoms with Crippen molar-refractivity contribution in [2.75, 3.05) is 0 Å². The van der Waals surface area contributed by atoms with E-state index in [1.54, 1.807) is 26.1 Å². The first-order chi connectivity index (χ1) is 31.4. The maximum absolute atomic E-state index is 14.7. The van der Waals surface area contributed by atoms with Gasteiger partial charge in [0.05, 0.1) is 36.2 Å². The smallest absolute Gasteiger partial charge is 0.216 e. The summed E-state index contributed by atoms with van der Waals surface area (Å²) in [7, 11) is -1.74. The minimum Gasteiger partial charge on any atom is -0.486 e. The van der Waals surface area contributed by atoms with Gasteiger partial charge in [0, 0.05) is 60.5 Å². The summed E-state index contributed by atoms with van der Waals surface area (Å²) in [6.45, 7) is 12.5. The zero-order valence-corrected chi connectivity index (χ0v) is 39.7. The largest absolute Gasteiger partial charge is 0.486 e. The van der Waals surface area contributed by atoms with E-state index in [2.05, 4.69) is 158 Å². The summed E-state index contributed by atoms with van der Waals surface area (Å²) in [5, 5.41) is 5.41. The SMILES string of the molecule is Cc1cccc(C)c1-c1ccc2c(n1)oc1c(-c3nc4ccc5ccccc5c4n3Cc3ccccc3)[c-]ccc12.[2H]C([2H])([2H])c1cc[c-]c(-c2cc(C([2H])(C)C)c([Si](C)(C)C)cn2)c1F.[Ir]. The number of halogens is 1. The van der Waals surface area contributed by atoms with Crippen molar-refractivity contribution in [3.63, 3.8) is 0 Å². The van der Waals surface area contributed by atoms with Gasteiger partial charge in [-0.15, -0.1) is 36.4 Å². The number of imidazole rings is 1. The van der Waals surface area contributed by atoms with Gasteiger partial charge in [-0.1, -0.05) is 153 Å². The molecule has 1 radical (unpaired) electrons. The molecule has 0 spiro atoms. The van der Waals surface area contributed by atoms with Crippen LogP contribution in [-0.4, -0.2) is 27.6 Å². The van der Waals surface area contributed by atoms with Crippen molar-refractivity contribution < 1.29 is 34.4 Å². The second kappa shape index (κ2) is 17.6. The zero-order valence-electron chi connectivity index (χ0n) is 40.3. The Morgan fingerprint density at radius 2 is 1.49 bits per heavy atom. The number of nitrogens with zero attached hydrogens (tertiary/aromatic N) is 4. The van der Waals surface area contributed by atoms with Gasteiger partial charge in [-0.05, 0) is 70.9 Å². The first kappa shape index (κ1) is 38.6.